The van der Waals surface area contributed by atoms with Gasteiger partial charge < -0.3 is 4.57 Å². The number of amides is 1. The van der Waals surface area contributed by atoms with Crippen LogP contribution in [0.25, 0.3) is 11.3 Å². The number of carbonyl (C=O) groups excluding carboxylic acids is 1. The molecule has 0 aliphatic rings. The first-order valence-electron chi connectivity index (χ1n) is 8.17. The fourth-order valence-corrected chi connectivity index (χ4v) is 2.91. The normalized spacial score (nSPS) is 10.9. The molecular formula is C20H20FN3O. The molecule has 25 heavy (non-hydrogen) atoms. The van der Waals surface area contributed by atoms with Gasteiger partial charge in [0.1, 0.15) is 5.82 Å². The van der Waals surface area contributed by atoms with Gasteiger partial charge in [0.15, 0.2) is 0 Å². The van der Waals surface area contributed by atoms with Crippen LogP contribution >= 0.6 is 0 Å². The zero-order valence-electron chi connectivity index (χ0n) is 14.5. The quantitative estimate of drug-likeness (QED) is 0.756. The molecular weight excluding hydrogens is 317 g/mol. The third kappa shape index (κ3) is 3.31. The zero-order chi connectivity index (χ0) is 18.0. The van der Waals surface area contributed by atoms with Crippen LogP contribution in [0.1, 0.15) is 35.8 Å². The average molecular weight is 337 g/mol. The number of carbonyl (C=O) groups is 1. The third-order valence-corrected chi connectivity index (χ3v) is 4.08. The predicted octanol–water partition coefficient (Wildman–Crippen LogP) is 4.60. The summed E-state index contributed by atoms with van der Waals surface area (Å²) in [5.41, 5.74) is 2.81. The van der Waals surface area contributed by atoms with Crippen LogP contribution in [0.5, 0.6) is 0 Å². The van der Waals surface area contributed by atoms with Gasteiger partial charge in [-0.2, -0.15) is 0 Å². The Morgan fingerprint density at radius 3 is 2.36 bits per heavy atom. The highest BCUT2D eigenvalue weighted by Gasteiger charge is 2.21. The Hall–Kier alpha value is -2.95. The summed E-state index contributed by atoms with van der Waals surface area (Å²) < 4.78 is 15.7. The Bertz CT molecular complexity index is 901. The number of imidazole rings is 1. The lowest BCUT2D eigenvalue weighted by molar-refractivity contribution is 0.102. The Balaban J connectivity index is 2.00. The maximum atomic E-state index is 13.8. The molecule has 0 spiro atoms. The Labute approximate surface area is 146 Å². The molecule has 5 heteroatoms. The molecule has 1 aromatic heterocycles. The molecule has 0 radical (unpaired) electrons. The summed E-state index contributed by atoms with van der Waals surface area (Å²) in [5, 5.41) is 2.73. The number of hydrogen-bond acceptors (Lipinski definition) is 2. The summed E-state index contributed by atoms with van der Waals surface area (Å²) in [6.07, 6.45) is 0. The molecule has 1 heterocycles. The number of rotatable bonds is 4. The fourth-order valence-electron chi connectivity index (χ4n) is 2.91. The largest absolute Gasteiger partial charge is 0.316 e. The summed E-state index contributed by atoms with van der Waals surface area (Å²) >= 11 is 0. The Morgan fingerprint density at radius 1 is 1.08 bits per heavy atom. The topological polar surface area (TPSA) is 46.9 Å². The fraction of sp³-hybridized carbons (Fsp3) is 0.200. The van der Waals surface area contributed by atoms with Crippen LogP contribution in [-0.4, -0.2) is 15.5 Å². The van der Waals surface area contributed by atoms with Gasteiger partial charge in [-0.1, -0.05) is 56.3 Å². The first-order valence-corrected chi connectivity index (χ1v) is 8.17. The van der Waals surface area contributed by atoms with E-state index in [0.717, 1.165) is 17.0 Å². The molecule has 1 N–H and O–H groups in total. The number of hydrogen-bond donors (Lipinski definition) is 1. The minimum Gasteiger partial charge on any atom is -0.316 e. The first kappa shape index (κ1) is 16.9. The summed E-state index contributed by atoms with van der Waals surface area (Å²) in [7, 11) is 1.85. The molecule has 3 rings (SSSR count). The van der Waals surface area contributed by atoms with Crippen molar-refractivity contribution in [3.8, 4) is 11.3 Å². The van der Waals surface area contributed by atoms with Crippen LogP contribution in [0.15, 0.2) is 54.6 Å². The highest BCUT2D eigenvalue weighted by molar-refractivity contribution is 6.03. The van der Waals surface area contributed by atoms with E-state index in [9.17, 15) is 9.18 Å². The minimum atomic E-state index is -0.554. The van der Waals surface area contributed by atoms with Crippen LogP contribution < -0.4 is 5.32 Å². The molecule has 0 unspecified atom stereocenters. The van der Waals surface area contributed by atoms with Gasteiger partial charge >= 0.3 is 0 Å². The SMILES string of the molecule is CC(C)c1c(-c2ccccc2)nc(NC(=O)c2ccccc2F)n1C. The maximum Gasteiger partial charge on any atom is 0.260 e. The van der Waals surface area contributed by atoms with Gasteiger partial charge in [0.2, 0.25) is 5.95 Å². The monoisotopic (exact) mass is 337 g/mol. The van der Waals surface area contributed by atoms with Crippen molar-refractivity contribution in [2.24, 2.45) is 7.05 Å². The van der Waals surface area contributed by atoms with Crippen molar-refractivity contribution in [2.45, 2.75) is 19.8 Å². The molecule has 2 aromatic carbocycles. The van der Waals surface area contributed by atoms with E-state index >= 15 is 0 Å². The van der Waals surface area contributed by atoms with Crippen molar-refractivity contribution in [1.29, 1.82) is 0 Å². The number of anilines is 1. The second kappa shape index (κ2) is 6.89. The summed E-state index contributed by atoms with van der Waals surface area (Å²) in [4.78, 5) is 17.0. The average Bonchev–Trinajstić information content (AvgIpc) is 2.92. The molecule has 0 fully saturated rings. The molecule has 1 amide bonds. The Morgan fingerprint density at radius 2 is 1.72 bits per heavy atom. The molecule has 0 aliphatic heterocycles. The van der Waals surface area contributed by atoms with E-state index in [1.807, 2.05) is 41.9 Å². The number of benzene rings is 2. The van der Waals surface area contributed by atoms with E-state index in [2.05, 4.69) is 24.1 Å². The van der Waals surface area contributed by atoms with Crippen molar-refractivity contribution >= 4 is 11.9 Å². The van der Waals surface area contributed by atoms with Crippen LogP contribution in [0.2, 0.25) is 0 Å². The van der Waals surface area contributed by atoms with E-state index in [1.165, 1.54) is 12.1 Å². The van der Waals surface area contributed by atoms with Crippen molar-refractivity contribution in [2.75, 3.05) is 5.32 Å². The van der Waals surface area contributed by atoms with Crippen LogP contribution in [-0.2, 0) is 7.05 Å². The molecule has 0 saturated carbocycles. The lowest BCUT2D eigenvalue weighted by atomic mass is 10.0. The van der Waals surface area contributed by atoms with E-state index < -0.39 is 11.7 Å². The third-order valence-electron chi connectivity index (χ3n) is 4.08. The molecule has 4 nitrogen and oxygen atoms in total. The van der Waals surface area contributed by atoms with Crippen molar-refractivity contribution < 1.29 is 9.18 Å². The standard InChI is InChI=1S/C20H20FN3O/c1-13(2)18-17(14-9-5-4-6-10-14)22-20(24(18)3)23-19(25)15-11-7-8-12-16(15)21/h4-13H,1-3H3,(H,22,23,25). The van der Waals surface area contributed by atoms with Gasteiger partial charge in [0.25, 0.3) is 5.91 Å². The maximum absolute atomic E-state index is 13.8. The number of halogens is 1. The highest BCUT2D eigenvalue weighted by Crippen LogP contribution is 2.31. The van der Waals surface area contributed by atoms with E-state index in [1.54, 1.807) is 12.1 Å². The predicted molar refractivity (Wildman–Crippen MR) is 97.1 cm³/mol. The first-order chi connectivity index (χ1) is 12.0. The van der Waals surface area contributed by atoms with Crippen molar-refractivity contribution in [3.63, 3.8) is 0 Å². The summed E-state index contributed by atoms with van der Waals surface area (Å²) in [5.74, 6) is -0.453. The van der Waals surface area contributed by atoms with Gasteiger partial charge in [0.05, 0.1) is 11.3 Å². The summed E-state index contributed by atoms with van der Waals surface area (Å²) in [6.45, 7) is 4.15. The number of aromatic nitrogens is 2. The minimum absolute atomic E-state index is 0.00198. The van der Waals surface area contributed by atoms with Gasteiger partial charge in [-0.25, -0.2) is 9.37 Å². The van der Waals surface area contributed by atoms with Crippen LogP contribution in [0, 0.1) is 5.82 Å². The smallest absolute Gasteiger partial charge is 0.260 e. The van der Waals surface area contributed by atoms with Crippen molar-refractivity contribution in [3.05, 3.63) is 71.7 Å². The van der Waals surface area contributed by atoms with E-state index in [0.29, 0.717) is 5.95 Å². The molecule has 128 valence electrons. The lowest BCUT2D eigenvalue weighted by Crippen LogP contribution is -2.17. The van der Waals surface area contributed by atoms with Crippen molar-refractivity contribution in [1.82, 2.24) is 9.55 Å². The Kier molecular flexibility index (Phi) is 4.65. The number of nitrogens with zero attached hydrogens (tertiary/aromatic N) is 2. The zero-order valence-corrected chi connectivity index (χ0v) is 14.5. The summed E-state index contributed by atoms with van der Waals surface area (Å²) in [6, 6.07) is 15.7. The lowest BCUT2D eigenvalue weighted by Gasteiger charge is -2.11. The molecule has 3 aromatic rings. The molecule has 0 saturated heterocycles. The van der Waals surface area contributed by atoms with Gasteiger partial charge in [-0.15, -0.1) is 0 Å². The molecule has 0 atom stereocenters. The molecule has 0 bridgehead atoms. The van der Waals surface area contributed by atoms with Crippen LogP contribution in [0.4, 0.5) is 10.3 Å². The highest BCUT2D eigenvalue weighted by atomic mass is 19.1. The second-order valence-electron chi connectivity index (χ2n) is 6.18. The van der Waals surface area contributed by atoms with E-state index in [4.69, 9.17) is 0 Å². The van der Waals surface area contributed by atoms with Crippen LogP contribution in [0.3, 0.4) is 0 Å². The van der Waals surface area contributed by atoms with Gasteiger partial charge in [-0.3, -0.25) is 10.1 Å². The second-order valence-corrected chi connectivity index (χ2v) is 6.18. The van der Waals surface area contributed by atoms with Gasteiger partial charge in [0, 0.05) is 18.3 Å². The number of nitrogens with one attached hydrogen (secondary N) is 1. The van der Waals surface area contributed by atoms with E-state index in [-0.39, 0.29) is 11.5 Å². The molecule has 0 aliphatic carbocycles. The van der Waals surface area contributed by atoms with Gasteiger partial charge in [-0.05, 0) is 18.1 Å².